The lowest BCUT2D eigenvalue weighted by Crippen LogP contribution is -2.27. The summed E-state index contributed by atoms with van der Waals surface area (Å²) in [5, 5.41) is 0.264. The van der Waals surface area contributed by atoms with Gasteiger partial charge in [-0.2, -0.15) is 0 Å². The molecule has 0 unspecified atom stereocenters. The van der Waals surface area contributed by atoms with Gasteiger partial charge in [-0.05, 0) is 24.3 Å². The summed E-state index contributed by atoms with van der Waals surface area (Å²) >= 11 is 5.96. The first-order valence-corrected chi connectivity index (χ1v) is 6.50. The Balaban J connectivity index is 2.21. The number of nitrogens with two attached hydrogens (primary N) is 1. The minimum Gasteiger partial charge on any atom is -0.399 e. The number of carbonyl (C=O) groups is 1. The van der Waals surface area contributed by atoms with Gasteiger partial charge >= 0.3 is 0 Å². The first kappa shape index (κ1) is 15.3. The summed E-state index contributed by atoms with van der Waals surface area (Å²) in [6.07, 6.45) is 0. The summed E-state index contributed by atoms with van der Waals surface area (Å²) in [7, 11) is 1.50. The quantitative estimate of drug-likeness (QED) is 0.882. The molecule has 2 aromatic carbocycles. The van der Waals surface area contributed by atoms with Crippen molar-refractivity contribution in [3.05, 3.63) is 64.2 Å². The zero-order chi connectivity index (χ0) is 15.6. The maximum absolute atomic E-state index is 13.6. The Hall–Kier alpha value is -2.14. The molecule has 2 rings (SSSR count). The van der Waals surface area contributed by atoms with E-state index in [9.17, 15) is 13.6 Å². The van der Waals surface area contributed by atoms with Crippen LogP contribution >= 0.6 is 11.6 Å². The van der Waals surface area contributed by atoms with Gasteiger partial charge in [-0.3, -0.25) is 4.79 Å². The molecule has 0 radical (unpaired) electrons. The van der Waals surface area contributed by atoms with Gasteiger partial charge in [-0.1, -0.05) is 17.7 Å². The molecule has 0 aliphatic heterocycles. The summed E-state index contributed by atoms with van der Waals surface area (Å²) in [6, 6.07) is 7.79. The lowest BCUT2D eigenvalue weighted by molar-refractivity contribution is 0.0784. The molecule has 0 saturated carbocycles. The highest BCUT2D eigenvalue weighted by Gasteiger charge is 2.17. The number of rotatable bonds is 3. The minimum atomic E-state index is -0.701. The number of nitrogens with zero attached hydrogens (tertiary/aromatic N) is 1. The molecule has 0 spiro atoms. The molecule has 0 aliphatic carbocycles. The Morgan fingerprint density at radius 1 is 1.24 bits per heavy atom. The number of benzene rings is 2. The van der Waals surface area contributed by atoms with Gasteiger partial charge < -0.3 is 10.6 Å². The Kier molecular flexibility index (Phi) is 4.43. The molecule has 0 saturated heterocycles. The average molecular weight is 311 g/mol. The summed E-state index contributed by atoms with van der Waals surface area (Å²) in [4.78, 5) is 13.6. The van der Waals surface area contributed by atoms with Crippen molar-refractivity contribution in [1.29, 1.82) is 0 Å². The molecule has 3 nitrogen and oxygen atoms in total. The van der Waals surface area contributed by atoms with Gasteiger partial charge in [0.15, 0.2) is 0 Å². The number of hydrogen-bond donors (Lipinski definition) is 1. The van der Waals surface area contributed by atoms with Crippen molar-refractivity contribution in [3.63, 3.8) is 0 Å². The number of carbonyl (C=O) groups excluding carboxylic acids is 1. The molecule has 2 aromatic rings. The fourth-order valence-corrected chi connectivity index (χ4v) is 2.09. The van der Waals surface area contributed by atoms with Gasteiger partial charge in [-0.25, -0.2) is 8.78 Å². The van der Waals surface area contributed by atoms with Crippen LogP contribution in [0.5, 0.6) is 0 Å². The molecule has 0 fully saturated rings. The van der Waals surface area contributed by atoms with Crippen LogP contribution in [0.15, 0.2) is 36.4 Å². The Bertz CT molecular complexity index is 691. The van der Waals surface area contributed by atoms with Crippen LogP contribution in [0.2, 0.25) is 5.02 Å². The van der Waals surface area contributed by atoms with E-state index in [1.54, 1.807) is 6.07 Å². The molecule has 1 amide bonds. The predicted molar refractivity (Wildman–Crippen MR) is 78.0 cm³/mol. The molecule has 0 bridgehead atoms. The zero-order valence-electron chi connectivity index (χ0n) is 11.2. The maximum atomic E-state index is 13.6. The van der Waals surface area contributed by atoms with Crippen molar-refractivity contribution in [1.82, 2.24) is 4.90 Å². The predicted octanol–water partition coefficient (Wildman–Crippen LogP) is 3.47. The summed E-state index contributed by atoms with van der Waals surface area (Å²) in [5.41, 5.74) is 6.49. The van der Waals surface area contributed by atoms with E-state index in [1.165, 1.54) is 30.1 Å². The summed E-state index contributed by atoms with van der Waals surface area (Å²) in [6.45, 7) is -0.00389. The van der Waals surface area contributed by atoms with Crippen LogP contribution in [0.1, 0.15) is 15.9 Å². The standard InChI is InChI=1S/C15H13ClF2N2O/c1-20(8-9-2-3-10(17)6-14(9)18)15(21)12-7-11(19)4-5-13(12)16/h2-7H,8,19H2,1H3. The lowest BCUT2D eigenvalue weighted by Gasteiger charge is -2.18. The van der Waals surface area contributed by atoms with Crippen LogP contribution in [0, 0.1) is 11.6 Å². The van der Waals surface area contributed by atoms with Gasteiger partial charge in [0, 0.05) is 30.9 Å². The van der Waals surface area contributed by atoms with Gasteiger partial charge in [0.05, 0.1) is 10.6 Å². The molecule has 0 aromatic heterocycles. The van der Waals surface area contributed by atoms with E-state index in [4.69, 9.17) is 17.3 Å². The van der Waals surface area contributed by atoms with E-state index in [0.29, 0.717) is 5.69 Å². The number of amides is 1. The van der Waals surface area contributed by atoms with Crippen LogP contribution in [0.25, 0.3) is 0 Å². The van der Waals surface area contributed by atoms with Crippen molar-refractivity contribution < 1.29 is 13.6 Å². The van der Waals surface area contributed by atoms with Crippen LogP contribution in [0.4, 0.5) is 14.5 Å². The highest BCUT2D eigenvalue weighted by molar-refractivity contribution is 6.33. The van der Waals surface area contributed by atoms with Crippen LogP contribution in [0.3, 0.4) is 0 Å². The second-order valence-corrected chi connectivity index (χ2v) is 5.04. The number of anilines is 1. The van der Waals surface area contributed by atoms with Crippen LogP contribution in [-0.4, -0.2) is 17.9 Å². The molecule has 0 aliphatic rings. The van der Waals surface area contributed by atoms with Gasteiger partial charge in [0.25, 0.3) is 5.91 Å². The van der Waals surface area contributed by atoms with E-state index in [1.807, 2.05) is 0 Å². The van der Waals surface area contributed by atoms with E-state index >= 15 is 0 Å². The molecule has 110 valence electrons. The third kappa shape index (κ3) is 3.49. The zero-order valence-corrected chi connectivity index (χ0v) is 12.0. The largest absolute Gasteiger partial charge is 0.399 e. The molecular weight excluding hydrogens is 298 g/mol. The molecular formula is C15H13ClF2N2O. The number of halogens is 3. The SMILES string of the molecule is CN(Cc1ccc(F)cc1F)C(=O)c1cc(N)ccc1Cl. The van der Waals surface area contributed by atoms with Crippen molar-refractivity contribution in [2.24, 2.45) is 0 Å². The van der Waals surface area contributed by atoms with Crippen molar-refractivity contribution >= 4 is 23.2 Å². The summed E-state index contributed by atoms with van der Waals surface area (Å²) in [5.74, 6) is -1.76. The van der Waals surface area contributed by atoms with Crippen molar-refractivity contribution in [2.45, 2.75) is 6.54 Å². The molecule has 0 heterocycles. The van der Waals surface area contributed by atoms with E-state index in [0.717, 1.165) is 12.1 Å². The molecule has 0 atom stereocenters. The Labute approximate surface area is 125 Å². The first-order valence-electron chi connectivity index (χ1n) is 6.13. The number of hydrogen-bond acceptors (Lipinski definition) is 2. The highest BCUT2D eigenvalue weighted by Crippen LogP contribution is 2.21. The molecule has 6 heteroatoms. The Morgan fingerprint density at radius 3 is 2.62 bits per heavy atom. The summed E-state index contributed by atoms with van der Waals surface area (Å²) < 4.78 is 26.4. The second kappa shape index (κ2) is 6.10. The average Bonchev–Trinajstić information content (AvgIpc) is 2.43. The van der Waals surface area contributed by atoms with Crippen molar-refractivity contribution in [3.8, 4) is 0 Å². The smallest absolute Gasteiger partial charge is 0.255 e. The molecule has 2 N–H and O–H groups in total. The second-order valence-electron chi connectivity index (χ2n) is 4.64. The topological polar surface area (TPSA) is 46.3 Å². The highest BCUT2D eigenvalue weighted by atomic mass is 35.5. The first-order chi connectivity index (χ1) is 9.88. The van der Waals surface area contributed by atoms with E-state index < -0.39 is 17.5 Å². The van der Waals surface area contributed by atoms with E-state index in [-0.39, 0.29) is 22.7 Å². The van der Waals surface area contributed by atoms with Crippen LogP contribution in [-0.2, 0) is 6.54 Å². The third-order valence-corrected chi connectivity index (χ3v) is 3.32. The van der Waals surface area contributed by atoms with Crippen molar-refractivity contribution in [2.75, 3.05) is 12.8 Å². The van der Waals surface area contributed by atoms with E-state index in [2.05, 4.69) is 0 Å². The molecule has 21 heavy (non-hydrogen) atoms. The van der Waals surface area contributed by atoms with Crippen LogP contribution < -0.4 is 5.73 Å². The Morgan fingerprint density at radius 2 is 1.95 bits per heavy atom. The fraction of sp³-hybridized carbons (Fsp3) is 0.133. The third-order valence-electron chi connectivity index (χ3n) is 2.99. The fourth-order valence-electron chi connectivity index (χ4n) is 1.89. The lowest BCUT2D eigenvalue weighted by atomic mass is 10.1. The van der Waals surface area contributed by atoms with Gasteiger partial charge in [0.2, 0.25) is 0 Å². The monoisotopic (exact) mass is 310 g/mol. The maximum Gasteiger partial charge on any atom is 0.255 e. The van der Waals surface area contributed by atoms with Gasteiger partial charge in [0.1, 0.15) is 11.6 Å². The number of nitrogen functional groups attached to an aromatic ring is 1. The minimum absolute atomic E-state index is 0.00389. The van der Waals surface area contributed by atoms with Gasteiger partial charge in [-0.15, -0.1) is 0 Å². The normalized spacial score (nSPS) is 10.5.